The van der Waals surface area contributed by atoms with Gasteiger partial charge in [0.05, 0.1) is 27.6 Å². The number of anilines is 2. The van der Waals surface area contributed by atoms with Crippen LogP contribution < -0.4 is 24.4 Å². The molecule has 3 aromatic carbocycles. The van der Waals surface area contributed by atoms with Gasteiger partial charge in [-0.1, -0.05) is 50.1 Å². The second-order valence-electron chi connectivity index (χ2n) is 18.8. The Balaban J connectivity index is 0.916. The van der Waals surface area contributed by atoms with Crippen molar-refractivity contribution in [1.82, 2.24) is 29.4 Å². The number of nitro benzene ring substituents is 1. The second-order valence-corrected chi connectivity index (χ2v) is 20.9. The molecule has 3 aliphatic heterocycles. The number of allylic oxidation sites excluding steroid dienone is 1. The molecule has 17 nitrogen and oxygen atoms in total. The minimum atomic E-state index is -4.69. The molecule has 0 spiro atoms. The number of H-pyrrole nitrogens is 1. The number of rotatable bonds is 13. The van der Waals surface area contributed by atoms with Crippen LogP contribution in [0.5, 0.6) is 17.2 Å². The van der Waals surface area contributed by atoms with Gasteiger partial charge >= 0.3 is 0 Å². The normalized spacial score (nSPS) is 19.0. The van der Waals surface area contributed by atoms with Gasteiger partial charge in [-0.05, 0) is 72.2 Å². The van der Waals surface area contributed by atoms with E-state index < -0.39 is 31.4 Å². The standard InChI is InChI=1S/C49H56ClN9O8S/c1-4-45(60)58-21-17-56(18-22-58)30-36-31-66-44-26-39(25-42(59(62)63)46(44)53-36)68(64,65)54-48(61)40-10-9-37(24-43(40)67-38-23-33-12-14-51-47(33)52-28-38)57-19-15-55(16-20-57)29-34-11-13-49(2,3)27-41(34)32-5-7-35(50)8-6-32/h5-10,12,14,23-26,28,36,53H,4,11,13,15-22,27,29-31H2,1-3H3,(H,51,52)(H,54,61)/t36-/m1/s1. The predicted molar refractivity (Wildman–Crippen MR) is 261 cm³/mol. The molecule has 5 heterocycles. The lowest BCUT2D eigenvalue weighted by atomic mass is 9.72. The minimum absolute atomic E-state index is 0.0239. The molecule has 2 amide bonds. The third-order valence-electron chi connectivity index (χ3n) is 13.4. The molecule has 68 heavy (non-hydrogen) atoms. The van der Waals surface area contributed by atoms with Crippen LogP contribution in [-0.4, -0.2) is 128 Å². The molecule has 2 fully saturated rings. The summed E-state index contributed by atoms with van der Waals surface area (Å²) < 4.78 is 42.4. The Labute approximate surface area is 400 Å². The van der Waals surface area contributed by atoms with E-state index in [9.17, 15) is 28.1 Å². The van der Waals surface area contributed by atoms with Gasteiger partial charge in [0.1, 0.15) is 23.8 Å². The summed E-state index contributed by atoms with van der Waals surface area (Å²) in [5.74, 6) is -0.483. The van der Waals surface area contributed by atoms with Crippen molar-refractivity contribution >= 4 is 67.1 Å². The number of hydrogen-bond donors (Lipinski definition) is 3. The molecule has 0 radical (unpaired) electrons. The highest BCUT2D eigenvalue weighted by atomic mass is 35.5. The molecule has 3 N–H and O–H groups in total. The molecule has 0 unspecified atom stereocenters. The first kappa shape index (κ1) is 46.9. The van der Waals surface area contributed by atoms with E-state index in [-0.39, 0.29) is 46.7 Å². The molecule has 358 valence electrons. The molecule has 1 aliphatic carbocycles. The number of carbonyl (C=O) groups is 2. The van der Waals surface area contributed by atoms with Gasteiger partial charge in [0.25, 0.3) is 21.6 Å². The van der Waals surface area contributed by atoms with Crippen LogP contribution >= 0.6 is 11.6 Å². The first-order valence-corrected chi connectivity index (χ1v) is 25.0. The number of carbonyl (C=O) groups excluding carboxylic acids is 2. The molecular weight excluding hydrogens is 910 g/mol. The average Bonchev–Trinajstić information content (AvgIpc) is 3.80. The van der Waals surface area contributed by atoms with Gasteiger partial charge in [-0.25, -0.2) is 18.1 Å². The minimum Gasteiger partial charge on any atom is -0.489 e. The van der Waals surface area contributed by atoms with E-state index in [4.69, 9.17) is 21.1 Å². The van der Waals surface area contributed by atoms with Gasteiger partial charge in [-0.15, -0.1) is 0 Å². The third kappa shape index (κ3) is 10.4. The second kappa shape index (κ2) is 19.4. The number of aromatic nitrogens is 2. The molecule has 5 aromatic rings. The topological polar surface area (TPSA) is 196 Å². The van der Waals surface area contributed by atoms with E-state index in [0.29, 0.717) is 63.6 Å². The average molecular weight is 967 g/mol. The van der Waals surface area contributed by atoms with Crippen molar-refractivity contribution in [2.24, 2.45) is 5.41 Å². The van der Waals surface area contributed by atoms with Crippen molar-refractivity contribution in [3.63, 3.8) is 0 Å². The van der Waals surface area contributed by atoms with E-state index in [0.717, 1.165) is 61.1 Å². The van der Waals surface area contributed by atoms with E-state index in [1.165, 1.54) is 35.0 Å². The van der Waals surface area contributed by atoms with E-state index in [2.05, 4.69) is 60.7 Å². The molecule has 1 atom stereocenters. The lowest BCUT2D eigenvalue weighted by molar-refractivity contribution is -0.384. The molecule has 2 aromatic heterocycles. The van der Waals surface area contributed by atoms with Crippen LogP contribution in [0.2, 0.25) is 5.02 Å². The zero-order valence-electron chi connectivity index (χ0n) is 38.4. The predicted octanol–water partition coefficient (Wildman–Crippen LogP) is 7.55. The zero-order chi connectivity index (χ0) is 47.7. The highest BCUT2D eigenvalue weighted by Gasteiger charge is 2.34. The Hall–Kier alpha value is -6.21. The van der Waals surface area contributed by atoms with Crippen molar-refractivity contribution in [1.29, 1.82) is 0 Å². The first-order chi connectivity index (χ1) is 32.6. The Morgan fingerprint density at radius 2 is 1.74 bits per heavy atom. The van der Waals surface area contributed by atoms with Crippen molar-refractivity contribution in [3.8, 4) is 17.2 Å². The number of ether oxygens (including phenoxy) is 2. The molecule has 0 bridgehead atoms. The Bertz CT molecular complexity index is 2870. The van der Waals surface area contributed by atoms with Crippen molar-refractivity contribution in [2.75, 3.05) is 82.3 Å². The van der Waals surface area contributed by atoms with Gasteiger partial charge in [0.15, 0.2) is 11.4 Å². The van der Waals surface area contributed by atoms with Gasteiger partial charge in [-0.3, -0.25) is 29.5 Å². The Morgan fingerprint density at radius 1 is 0.985 bits per heavy atom. The summed E-state index contributed by atoms with van der Waals surface area (Å²) in [6, 6.07) is 18.5. The number of hydrogen-bond acceptors (Lipinski definition) is 13. The van der Waals surface area contributed by atoms with Crippen molar-refractivity contribution in [3.05, 3.63) is 111 Å². The molecule has 4 aliphatic rings. The summed E-state index contributed by atoms with van der Waals surface area (Å²) in [7, 11) is -4.69. The van der Waals surface area contributed by atoms with Crippen molar-refractivity contribution in [2.45, 2.75) is 57.4 Å². The molecule has 0 saturated carbocycles. The summed E-state index contributed by atoms with van der Waals surface area (Å²) in [6.45, 7) is 13.5. The number of nitrogens with one attached hydrogen (secondary N) is 3. The Kier molecular flexibility index (Phi) is 13.4. The summed E-state index contributed by atoms with van der Waals surface area (Å²) in [4.78, 5) is 53.6. The smallest absolute Gasteiger partial charge is 0.297 e. The van der Waals surface area contributed by atoms with Crippen LogP contribution in [0.4, 0.5) is 17.1 Å². The monoisotopic (exact) mass is 965 g/mol. The first-order valence-electron chi connectivity index (χ1n) is 23.1. The van der Waals surface area contributed by atoms with Crippen LogP contribution in [0.3, 0.4) is 0 Å². The number of fused-ring (bicyclic) bond motifs is 2. The van der Waals surface area contributed by atoms with Crippen LogP contribution in [0, 0.1) is 15.5 Å². The lowest BCUT2D eigenvalue weighted by Gasteiger charge is -2.39. The maximum atomic E-state index is 14.1. The number of amides is 2. The number of sulfonamides is 1. The Morgan fingerprint density at radius 3 is 2.47 bits per heavy atom. The third-order valence-corrected chi connectivity index (χ3v) is 15.0. The number of halogens is 1. The van der Waals surface area contributed by atoms with Crippen LogP contribution in [0.15, 0.2) is 89.6 Å². The lowest BCUT2D eigenvalue weighted by Crippen LogP contribution is -2.52. The van der Waals surface area contributed by atoms with E-state index in [1.807, 2.05) is 30.0 Å². The summed E-state index contributed by atoms with van der Waals surface area (Å²) >= 11 is 6.25. The fourth-order valence-corrected chi connectivity index (χ4v) is 10.7. The van der Waals surface area contributed by atoms with Crippen LogP contribution in [-0.2, 0) is 14.8 Å². The van der Waals surface area contributed by atoms with Gasteiger partial charge in [0, 0.05) is 112 Å². The number of piperazine rings is 2. The largest absolute Gasteiger partial charge is 0.489 e. The SMILES string of the molecule is CCC(=O)N1CCN(C[C@@H]2COc3cc(S(=O)(=O)NC(=O)c4ccc(N5CCN(CC6=C(c7ccc(Cl)cc7)CC(C)(C)CC6)CC5)cc4Oc4cnc5[nH]ccc5c4)cc([N+](=O)[O-])c3N2)CC1. The molecule has 9 rings (SSSR count). The van der Waals surface area contributed by atoms with Gasteiger partial charge in [0.2, 0.25) is 5.91 Å². The van der Waals surface area contributed by atoms with E-state index >= 15 is 0 Å². The van der Waals surface area contributed by atoms with Gasteiger partial charge < -0.3 is 29.6 Å². The van der Waals surface area contributed by atoms with Crippen LogP contribution in [0.1, 0.15) is 62.4 Å². The molecular formula is C49H56ClN9O8S. The fraction of sp³-hybridized carbons (Fsp3) is 0.408. The maximum absolute atomic E-state index is 14.1. The number of nitro groups is 1. The summed E-state index contributed by atoms with van der Waals surface area (Å²) in [6.07, 6.45) is 6.87. The fourth-order valence-electron chi connectivity index (χ4n) is 9.60. The summed E-state index contributed by atoms with van der Waals surface area (Å²) in [5.41, 5.74) is 5.20. The highest BCUT2D eigenvalue weighted by Crippen LogP contribution is 2.44. The quantitative estimate of drug-likeness (QED) is 0.0774. The highest BCUT2D eigenvalue weighted by molar-refractivity contribution is 7.90. The maximum Gasteiger partial charge on any atom is 0.297 e. The molecule has 19 heteroatoms. The number of aromatic amines is 1. The van der Waals surface area contributed by atoms with E-state index in [1.54, 1.807) is 24.4 Å². The summed E-state index contributed by atoms with van der Waals surface area (Å²) in [5, 5.41) is 17.1. The molecule has 2 saturated heterocycles. The van der Waals surface area contributed by atoms with Crippen LogP contribution in [0.25, 0.3) is 16.6 Å². The number of nitrogens with zero attached hydrogens (tertiary/aromatic N) is 6. The number of benzene rings is 3. The van der Waals surface area contributed by atoms with Crippen molar-refractivity contribution < 1.29 is 32.4 Å². The van der Waals surface area contributed by atoms with Gasteiger partial charge in [-0.2, -0.15) is 0 Å². The zero-order valence-corrected chi connectivity index (χ0v) is 40.0. The number of pyridine rings is 1.